The van der Waals surface area contributed by atoms with Crippen molar-refractivity contribution in [3.05, 3.63) is 36.2 Å². The molecule has 102 valence electrons. The highest BCUT2D eigenvalue weighted by Crippen LogP contribution is 2.26. The number of hydrogen-bond donors (Lipinski definition) is 1. The molecule has 0 fully saturated rings. The van der Waals surface area contributed by atoms with Gasteiger partial charge in [0.25, 0.3) is 0 Å². The van der Waals surface area contributed by atoms with E-state index < -0.39 is 0 Å². The fraction of sp³-hybridized carbons (Fsp3) is 0.167. The zero-order valence-electron chi connectivity index (χ0n) is 10.7. The van der Waals surface area contributed by atoms with Crippen molar-refractivity contribution in [3.63, 3.8) is 0 Å². The molecule has 0 aliphatic carbocycles. The minimum Gasteiger partial charge on any atom is -0.497 e. The lowest BCUT2D eigenvalue weighted by molar-refractivity contribution is 0.403. The van der Waals surface area contributed by atoms with Crippen molar-refractivity contribution in [2.45, 2.75) is 6.54 Å². The summed E-state index contributed by atoms with van der Waals surface area (Å²) in [6, 6.07) is 5.43. The Labute approximate surface area is 114 Å². The highest BCUT2D eigenvalue weighted by Gasteiger charge is 2.08. The number of ether oxygens (including phenoxy) is 2. The number of nitrogens with zero attached hydrogens (tertiary/aromatic N) is 5. The van der Waals surface area contributed by atoms with Gasteiger partial charge in [-0.05, 0) is 28.1 Å². The van der Waals surface area contributed by atoms with Gasteiger partial charge in [0.05, 0.1) is 19.5 Å². The molecule has 0 spiro atoms. The monoisotopic (exact) mass is 272 g/mol. The van der Waals surface area contributed by atoms with Crippen LogP contribution in [0.2, 0.25) is 0 Å². The molecule has 3 aromatic rings. The third-order valence-electron chi connectivity index (χ3n) is 2.71. The highest BCUT2D eigenvalue weighted by molar-refractivity contribution is 5.41. The number of methoxy groups -OCH3 is 1. The number of rotatable bonds is 4. The topological polar surface area (TPSA) is 100 Å². The minimum atomic E-state index is 0.390. The van der Waals surface area contributed by atoms with E-state index in [0.29, 0.717) is 29.6 Å². The summed E-state index contributed by atoms with van der Waals surface area (Å²) < 4.78 is 12.4. The van der Waals surface area contributed by atoms with E-state index >= 15 is 0 Å². The van der Waals surface area contributed by atoms with E-state index in [-0.39, 0.29) is 0 Å². The maximum absolute atomic E-state index is 5.76. The van der Waals surface area contributed by atoms with Crippen LogP contribution < -0.4 is 15.2 Å². The fourth-order valence-electron chi connectivity index (χ4n) is 1.77. The van der Waals surface area contributed by atoms with Gasteiger partial charge in [0.2, 0.25) is 11.5 Å². The van der Waals surface area contributed by atoms with E-state index in [1.54, 1.807) is 19.4 Å². The molecule has 2 N–H and O–H groups in total. The van der Waals surface area contributed by atoms with Crippen molar-refractivity contribution in [1.29, 1.82) is 0 Å². The predicted octanol–water partition coefficient (Wildman–Crippen LogP) is 0.779. The van der Waals surface area contributed by atoms with Crippen molar-refractivity contribution >= 4 is 5.65 Å². The molecule has 0 radical (unpaired) electrons. The molecule has 0 saturated carbocycles. The molecular weight excluding hydrogens is 260 g/mol. The van der Waals surface area contributed by atoms with Crippen molar-refractivity contribution in [1.82, 2.24) is 25.0 Å². The summed E-state index contributed by atoms with van der Waals surface area (Å²) in [7, 11) is 1.59. The van der Waals surface area contributed by atoms with Crippen molar-refractivity contribution in [2.24, 2.45) is 5.73 Å². The summed E-state index contributed by atoms with van der Waals surface area (Å²) in [6.07, 6.45) is 3.08. The van der Waals surface area contributed by atoms with E-state index in [2.05, 4.69) is 20.5 Å². The number of nitrogens with two attached hydrogens (primary N) is 1. The van der Waals surface area contributed by atoms with E-state index in [1.165, 1.54) is 10.7 Å². The van der Waals surface area contributed by atoms with Crippen LogP contribution in [0.5, 0.6) is 17.4 Å². The van der Waals surface area contributed by atoms with Gasteiger partial charge in [-0.1, -0.05) is 0 Å². The molecule has 0 aliphatic heterocycles. The third-order valence-corrected chi connectivity index (χ3v) is 2.71. The Hall–Kier alpha value is -2.74. The minimum absolute atomic E-state index is 0.390. The van der Waals surface area contributed by atoms with Gasteiger partial charge >= 0.3 is 0 Å². The van der Waals surface area contributed by atoms with Gasteiger partial charge in [-0.3, -0.25) is 4.98 Å². The van der Waals surface area contributed by atoms with E-state index in [4.69, 9.17) is 15.2 Å². The number of aromatic nitrogens is 5. The van der Waals surface area contributed by atoms with Crippen LogP contribution in [-0.2, 0) is 6.54 Å². The maximum atomic E-state index is 5.76. The molecule has 3 rings (SSSR count). The molecule has 2 heterocycles. The summed E-state index contributed by atoms with van der Waals surface area (Å²) in [5.41, 5.74) is 7.05. The third kappa shape index (κ3) is 2.24. The first-order valence-electron chi connectivity index (χ1n) is 5.88. The van der Waals surface area contributed by atoms with Gasteiger partial charge in [0, 0.05) is 12.6 Å². The lowest BCUT2D eigenvalue weighted by Crippen LogP contribution is -2.00. The SMILES string of the molecule is COc1cc(CN)cc(Oc2cncc3nnnn23)c1. The quantitative estimate of drug-likeness (QED) is 0.748. The highest BCUT2D eigenvalue weighted by atomic mass is 16.5. The van der Waals surface area contributed by atoms with Crippen molar-refractivity contribution in [2.75, 3.05) is 7.11 Å². The first-order chi connectivity index (χ1) is 9.80. The van der Waals surface area contributed by atoms with Gasteiger partial charge in [-0.2, -0.15) is 4.52 Å². The van der Waals surface area contributed by atoms with Crippen LogP contribution in [0, 0.1) is 0 Å². The number of benzene rings is 1. The average molecular weight is 272 g/mol. The first kappa shape index (κ1) is 12.3. The van der Waals surface area contributed by atoms with Crippen LogP contribution in [0.25, 0.3) is 5.65 Å². The zero-order valence-corrected chi connectivity index (χ0v) is 10.7. The Morgan fingerprint density at radius 1 is 1.20 bits per heavy atom. The van der Waals surface area contributed by atoms with Crippen LogP contribution in [0.3, 0.4) is 0 Å². The van der Waals surface area contributed by atoms with Gasteiger partial charge in [-0.25, -0.2) is 0 Å². The summed E-state index contributed by atoms with van der Waals surface area (Å²) in [4.78, 5) is 4.02. The summed E-state index contributed by atoms with van der Waals surface area (Å²) in [5.74, 6) is 1.65. The van der Waals surface area contributed by atoms with Gasteiger partial charge < -0.3 is 15.2 Å². The molecule has 0 amide bonds. The lowest BCUT2D eigenvalue weighted by Gasteiger charge is -2.09. The second-order valence-electron chi connectivity index (χ2n) is 4.02. The van der Waals surface area contributed by atoms with E-state index in [1.807, 2.05) is 12.1 Å². The maximum Gasteiger partial charge on any atom is 0.242 e. The zero-order chi connectivity index (χ0) is 13.9. The van der Waals surface area contributed by atoms with Gasteiger partial charge in [0.15, 0.2) is 0 Å². The lowest BCUT2D eigenvalue weighted by atomic mass is 10.2. The Morgan fingerprint density at radius 3 is 2.85 bits per heavy atom. The van der Waals surface area contributed by atoms with Gasteiger partial charge in [0.1, 0.15) is 11.5 Å². The summed E-state index contributed by atoms with van der Waals surface area (Å²) in [6.45, 7) is 0.390. The van der Waals surface area contributed by atoms with E-state index in [9.17, 15) is 0 Å². The van der Waals surface area contributed by atoms with Crippen LogP contribution in [0.15, 0.2) is 30.6 Å². The van der Waals surface area contributed by atoms with Crippen LogP contribution in [0.4, 0.5) is 0 Å². The second-order valence-corrected chi connectivity index (χ2v) is 4.02. The molecule has 2 aromatic heterocycles. The van der Waals surface area contributed by atoms with Crippen LogP contribution in [0.1, 0.15) is 5.56 Å². The molecule has 20 heavy (non-hydrogen) atoms. The Kier molecular flexibility index (Phi) is 3.13. The molecule has 8 nitrogen and oxygen atoms in total. The molecule has 0 unspecified atom stereocenters. The average Bonchev–Trinajstić information content (AvgIpc) is 2.96. The molecule has 0 bridgehead atoms. The normalized spacial score (nSPS) is 10.7. The first-order valence-corrected chi connectivity index (χ1v) is 5.88. The molecular formula is C12H12N6O2. The Morgan fingerprint density at radius 2 is 2.05 bits per heavy atom. The van der Waals surface area contributed by atoms with E-state index in [0.717, 1.165) is 5.56 Å². The van der Waals surface area contributed by atoms with Crippen LogP contribution >= 0.6 is 0 Å². The molecule has 1 aromatic carbocycles. The smallest absolute Gasteiger partial charge is 0.242 e. The standard InChI is InChI=1S/C12H12N6O2/c1-19-9-2-8(5-13)3-10(4-9)20-12-7-14-6-11-15-16-17-18(11)12/h2-4,6-7H,5,13H2,1H3. The Bertz CT molecular complexity index is 719. The van der Waals surface area contributed by atoms with Gasteiger partial charge in [-0.15, -0.1) is 5.10 Å². The number of hydrogen-bond acceptors (Lipinski definition) is 7. The van der Waals surface area contributed by atoms with Crippen molar-refractivity contribution in [3.8, 4) is 17.4 Å². The summed E-state index contributed by atoms with van der Waals surface area (Å²) in [5, 5.41) is 11.2. The molecule has 0 atom stereocenters. The molecule has 0 aliphatic rings. The van der Waals surface area contributed by atoms with Crippen molar-refractivity contribution < 1.29 is 9.47 Å². The van der Waals surface area contributed by atoms with Crippen LogP contribution in [-0.4, -0.2) is 32.1 Å². The Balaban J connectivity index is 2.00. The summed E-state index contributed by atoms with van der Waals surface area (Å²) >= 11 is 0. The molecule has 0 saturated heterocycles. The fourth-order valence-corrected chi connectivity index (χ4v) is 1.77. The largest absolute Gasteiger partial charge is 0.497 e. The number of tetrazole rings is 1. The second kappa shape index (κ2) is 5.10. The number of fused-ring (bicyclic) bond motifs is 1. The predicted molar refractivity (Wildman–Crippen MR) is 69.5 cm³/mol. The molecule has 8 heteroatoms.